The maximum atomic E-state index is 13.1. The smallest absolute Gasteiger partial charge is 0.256 e. The van der Waals surface area contributed by atoms with E-state index in [0.29, 0.717) is 21.9 Å². The Morgan fingerprint density at radius 1 is 1.04 bits per heavy atom. The summed E-state index contributed by atoms with van der Waals surface area (Å²) in [6, 6.07) is 17.0. The van der Waals surface area contributed by atoms with Gasteiger partial charge in [0.1, 0.15) is 0 Å². The van der Waals surface area contributed by atoms with Gasteiger partial charge in [0.25, 0.3) is 5.91 Å². The number of fused-ring (bicyclic) bond motifs is 1. The van der Waals surface area contributed by atoms with Gasteiger partial charge in [0.15, 0.2) is 5.65 Å². The third-order valence-corrected chi connectivity index (χ3v) is 5.02. The van der Waals surface area contributed by atoms with E-state index in [4.69, 9.17) is 11.6 Å². The Bertz CT molecular complexity index is 1200. The van der Waals surface area contributed by atoms with E-state index in [1.165, 1.54) is 0 Å². The number of pyridine rings is 1. The fraction of sp³-hybridized carbons (Fsp3) is 0.136. The zero-order valence-electron chi connectivity index (χ0n) is 15.8. The molecule has 0 aliphatic carbocycles. The summed E-state index contributed by atoms with van der Waals surface area (Å²) in [5, 5.41) is 8.92. The minimum absolute atomic E-state index is 0.217. The van der Waals surface area contributed by atoms with Crippen molar-refractivity contribution < 1.29 is 4.79 Å². The third-order valence-electron chi connectivity index (χ3n) is 4.62. The molecule has 0 aliphatic rings. The molecule has 0 unspecified atom stereocenters. The highest BCUT2D eigenvalue weighted by Gasteiger charge is 2.19. The lowest BCUT2D eigenvalue weighted by Crippen LogP contribution is -2.13. The Hall–Kier alpha value is -3.18. The highest BCUT2D eigenvalue weighted by molar-refractivity contribution is 6.31. The second-order valence-corrected chi connectivity index (χ2v) is 7.17. The van der Waals surface area contributed by atoms with E-state index in [2.05, 4.69) is 15.4 Å². The van der Waals surface area contributed by atoms with E-state index in [0.717, 1.165) is 28.0 Å². The molecule has 2 aromatic carbocycles. The number of halogens is 1. The van der Waals surface area contributed by atoms with Crippen LogP contribution in [0, 0.1) is 20.8 Å². The third kappa shape index (κ3) is 3.25. The first kappa shape index (κ1) is 18.2. The summed E-state index contributed by atoms with van der Waals surface area (Å²) in [4.78, 5) is 17.7. The molecule has 1 N–H and O–H groups in total. The van der Waals surface area contributed by atoms with Gasteiger partial charge in [0, 0.05) is 16.4 Å². The normalized spacial score (nSPS) is 11.0. The van der Waals surface area contributed by atoms with Crippen molar-refractivity contribution in [1.29, 1.82) is 0 Å². The van der Waals surface area contributed by atoms with Crippen LogP contribution in [0.4, 0.5) is 5.69 Å². The second-order valence-electron chi connectivity index (χ2n) is 6.76. The van der Waals surface area contributed by atoms with Gasteiger partial charge in [-0.2, -0.15) is 5.10 Å². The molecular formula is C22H19ClN4O. The van der Waals surface area contributed by atoms with Crippen LogP contribution in [-0.2, 0) is 0 Å². The van der Waals surface area contributed by atoms with Crippen LogP contribution in [0.2, 0.25) is 5.02 Å². The van der Waals surface area contributed by atoms with Crippen LogP contribution in [-0.4, -0.2) is 20.7 Å². The highest BCUT2D eigenvalue weighted by Crippen LogP contribution is 2.26. The number of anilines is 1. The Labute approximate surface area is 168 Å². The van der Waals surface area contributed by atoms with Crippen molar-refractivity contribution in [2.75, 3.05) is 5.32 Å². The van der Waals surface area contributed by atoms with E-state index in [9.17, 15) is 4.79 Å². The second kappa shape index (κ2) is 7.09. The standard InChI is InChI=1S/C22H19ClN4O/c1-13-9-10-16(12-19(13)23)25-22(28)18-11-14(2)24-21-20(18)15(3)26-27(21)17-7-5-4-6-8-17/h4-12H,1-3H3,(H,25,28). The minimum Gasteiger partial charge on any atom is -0.322 e. The molecule has 0 aliphatic heterocycles. The van der Waals surface area contributed by atoms with Crippen molar-refractivity contribution in [2.45, 2.75) is 20.8 Å². The van der Waals surface area contributed by atoms with Crippen LogP contribution < -0.4 is 5.32 Å². The summed E-state index contributed by atoms with van der Waals surface area (Å²) in [5.41, 5.74) is 5.21. The van der Waals surface area contributed by atoms with Gasteiger partial charge < -0.3 is 5.32 Å². The van der Waals surface area contributed by atoms with E-state index in [1.54, 1.807) is 16.8 Å². The van der Waals surface area contributed by atoms with Gasteiger partial charge in [0.05, 0.1) is 22.3 Å². The average molecular weight is 391 g/mol. The molecule has 6 heteroatoms. The van der Waals surface area contributed by atoms with Gasteiger partial charge in [-0.25, -0.2) is 9.67 Å². The van der Waals surface area contributed by atoms with Crippen molar-refractivity contribution in [1.82, 2.24) is 14.8 Å². The SMILES string of the molecule is Cc1cc(C(=O)Nc2ccc(C)c(Cl)c2)c2c(C)nn(-c3ccccc3)c2n1. The van der Waals surface area contributed by atoms with Crippen molar-refractivity contribution in [2.24, 2.45) is 0 Å². The number of rotatable bonds is 3. The van der Waals surface area contributed by atoms with Gasteiger partial charge in [-0.3, -0.25) is 4.79 Å². The van der Waals surface area contributed by atoms with Crippen LogP contribution in [0.25, 0.3) is 16.7 Å². The number of hydrogen-bond acceptors (Lipinski definition) is 3. The molecule has 2 aromatic heterocycles. The number of nitrogens with zero attached hydrogens (tertiary/aromatic N) is 3. The molecule has 0 radical (unpaired) electrons. The molecule has 0 bridgehead atoms. The maximum Gasteiger partial charge on any atom is 0.256 e. The van der Waals surface area contributed by atoms with Gasteiger partial charge in [0.2, 0.25) is 0 Å². The molecule has 5 nitrogen and oxygen atoms in total. The molecular weight excluding hydrogens is 372 g/mol. The lowest BCUT2D eigenvalue weighted by atomic mass is 10.1. The Kier molecular flexibility index (Phi) is 4.61. The van der Waals surface area contributed by atoms with E-state index < -0.39 is 0 Å². The molecule has 0 spiro atoms. The number of amides is 1. The van der Waals surface area contributed by atoms with Crippen molar-refractivity contribution >= 4 is 34.2 Å². The topological polar surface area (TPSA) is 59.8 Å². The Balaban J connectivity index is 1.82. The Morgan fingerprint density at radius 3 is 2.50 bits per heavy atom. The first-order valence-electron chi connectivity index (χ1n) is 8.94. The van der Waals surface area contributed by atoms with Crippen LogP contribution in [0.1, 0.15) is 27.3 Å². The first-order chi connectivity index (χ1) is 13.4. The molecule has 0 saturated heterocycles. The van der Waals surface area contributed by atoms with Crippen LogP contribution in [0.5, 0.6) is 0 Å². The lowest BCUT2D eigenvalue weighted by Gasteiger charge is -2.09. The van der Waals surface area contributed by atoms with Crippen LogP contribution in [0.3, 0.4) is 0 Å². The number of aryl methyl sites for hydroxylation is 3. The van der Waals surface area contributed by atoms with Gasteiger partial charge in [-0.05, 0) is 56.7 Å². The minimum atomic E-state index is -0.217. The summed E-state index contributed by atoms with van der Waals surface area (Å²) in [6.07, 6.45) is 0. The molecule has 140 valence electrons. The number of nitrogens with one attached hydrogen (secondary N) is 1. The molecule has 0 atom stereocenters. The number of hydrogen-bond donors (Lipinski definition) is 1. The van der Waals surface area contributed by atoms with Crippen molar-refractivity contribution in [3.8, 4) is 5.69 Å². The number of para-hydroxylation sites is 1. The number of benzene rings is 2. The van der Waals surface area contributed by atoms with E-state index in [-0.39, 0.29) is 5.91 Å². The largest absolute Gasteiger partial charge is 0.322 e. The van der Waals surface area contributed by atoms with Crippen LogP contribution in [0.15, 0.2) is 54.6 Å². The number of carbonyl (C=O) groups excluding carboxylic acids is 1. The molecule has 4 rings (SSSR count). The summed E-state index contributed by atoms with van der Waals surface area (Å²) in [7, 11) is 0. The molecule has 2 heterocycles. The average Bonchev–Trinajstić information content (AvgIpc) is 3.01. The quantitative estimate of drug-likeness (QED) is 0.519. The van der Waals surface area contributed by atoms with Crippen LogP contribution >= 0.6 is 11.6 Å². The lowest BCUT2D eigenvalue weighted by molar-refractivity contribution is 0.102. The zero-order chi connectivity index (χ0) is 19.8. The number of carbonyl (C=O) groups is 1. The maximum absolute atomic E-state index is 13.1. The summed E-state index contributed by atoms with van der Waals surface area (Å²) >= 11 is 6.19. The molecule has 0 fully saturated rings. The molecule has 28 heavy (non-hydrogen) atoms. The van der Waals surface area contributed by atoms with E-state index in [1.807, 2.05) is 63.2 Å². The summed E-state index contributed by atoms with van der Waals surface area (Å²) in [6.45, 7) is 5.68. The van der Waals surface area contributed by atoms with Crippen molar-refractivity contribution in [3.05, 3.63) is 82.1 Å². The monoisotopic (exact) mass is 390 g/mol. The van der Waals surface area contributed by atoms with Gasteiger partial charge >= 0.3 is 0 Å². The predicted molar refractivity (Wildman–Crippen MR) is 112 cm³/mol. The van der Waals surface area contributed by atoms with Crippen molar-refractivity contribution in [3.63, 3.8) is 0 Å². The van der Waals surface area contributed by atoms with Gasteiger partial charge in [-0.15, -0.1) is 0 Å². The number of aromatic nitrogens is 3. The molecule has 1 amide bonds. The summed E-state index contributed by atoms with van der Waals surface area (Å²) < 4.78 is 1.77. The Morgan fingerprint density at radius 2 is 1.79 bits per heavy atom. The predicted octanol–water partition coefficient (Wildman–Crippen LogP) is 5.25. The van der Waals surface area contributed by atoms with Gasteiger partial charge in [-0.1, -0.05) is 35.9 Å². The zero-order valence-corrected chi connectivity index (χ0v) is 16.6. The fourth-order valence-corrected chi connectivity index (χ4v) is 3.39. The summed E-state index contributed by atoms with van der Waals surface area (Å²) in [5.74, 6) is -0.217. The fourth-order valence-electron chi connectivity index (χ4n) is 3.21. The first-order valence-corrected chi connectivity index (χ1v) is 9.32. The van der Waals surface area contributed by atoms with E-state index >= 15 is 0 Å². The molecule has 4 aromatic rings. The highest BCUT2D eigenvalue weighted by atomic mass is 35.5. The molecule has 0 saturated carbocycles.